The molecule has 22 heavy (non-hydrogen) atoms. The number of hydrogen-bond acceptors (Lipinski definition) is 2. The van der Waals surface area contributed by atoms with Crippen molar-refractivity contribution in [2.75, 3.05) is 27.2 Å². The second-order valence-electron chi connectivity index (χ2n) is 4.81. The second-order valence-corrected chi connectivity index (χ2v) is 5.77. The van der Waals surface area contributed by atoms with Crippen LogP contribution in [0.4, 0.5) is 4.39 Å². The molecule has 0 heterocycles. The Kier molecular flexibility index (Phi) is 15.4. The SMILES string of the molecule is C=C(F)/C=C(/C)C(=C)Br.C=CCCCCN(C)C(=O)CNC. The van der Waals surface area contributed by atoms with Crippen LogP contribution in [-0.2, 0) is 4.79 Å². The van der Waals surface area contributed by atoms with Gasteiger partial charge < -0.3 is 10.2 Å². The van der Waals surface area contributed by atoms with E-state index in [0.717, 1.165) is 31.4 Å². The molecule has 0 aromatic rings. The molecule has 3 nitrogen and oxygen atoms in total. The van der Waals surface area contributed by atoms with Crippen molar-refractivity contribution in [3.8, 4) is 0 Å². The number of amides is 1. The molecule has 0 saturated carbocycles. The van der Waals surface area contributed by atoms with E-state index in [2.05, 4.69) is 41.0 Å². The van der Waals surface area contributed by atoms with E-state index < -0.39 is 5.83 Å². The third kappa shape index (κ3) is 15.2. The van der Waals surface area contributed by atoms with Gasteiger partial charge in [0.05, 0.1) is 6.54 Å². The lowest BCUT2D eigenvalue weighted by Crippen LogP contribution is -2.34. The molecule has 0 unspecified atom stereocenters. The monoisotopic (exact) mass is 374 g/mol. The summed E-state index contributed by atoms with van der Waals surface area (Å²) in [5, 5.41) is 2.84. The van der Waals surface area contributed by atoms with Gasteiger partial charge in [-0.05, 0) is 44.9 Å². The Hall–Kier alpha value is -1.20. The molecule has 1 N–H and O–H groups in total. The molecule has 126 valence electrons. The van der Waals surface area contributed by atoms with Crippen LogP contribution < -0.4 is 5.32 Å². The number of hydrogen-bond donors (Lipinski definition) is 1. The highest BCUT2D eigenvalue weighted by Gasteiger charge is 2.05. The van der Waals surface area contributed by atoms with E-state index in [9.17, 15) is 9.18 Å². The van der Waals surface area contributed by atoms with Gasteiger partial charge in [0, 0.05) is 18.1 Å². The first-order valence-corrected chi connectivity index (χ1v) is 7.92. The summed E-state index contributed by atoms with van der Waals surface area (Å²) < 4.78 is 12.7. The van der Waals surface area contributed by atoms with Gasteiger partial charge in [0.1, 0.15) is 5.83 Å². The third-order valence-electron chi connectivity index (χ3n) is 2.71. The Bertz CT molecular complexity index is 405. The third-order valence-corrected chi connectivity index (χ3v) is 3.33. The summed E-state index contributed by atoms with van der Waals surface area (Å²) in [6, 6.07) is 0. The molecule has 0 saturated heterocycles. The zero-order valence-corrected chi connectivity index (χ0v) is 15.5. The second kappa shape index (κ2) is 14.7. The van der Waals surface area contributed by atoms with Crippen molar-refractivity contribution in [1.29, 1.82) is 0 Å². The van der Waals surface area contributed by atoms with Gasteiger partial charge in [-0.1, -0.05) is 35.2 Å². The highest BCUT2D eigenvalue weighted by atomic mass is 79.9. The number of unbranched alkanes of at least 4 members (excludes halogenated alkanes) is 2. The van der Waals surface area contributed by atoms with Gasteiger partial charge in [-0.3, -0.25) is 4.79 Å². The maximum absolute atomic E-state index is 12.0. The predicted molar refractivity (Wildman–Crippen MR) is 97.7 cm³/mol. The molecule has 0 spiro atoms. The largest absolute Gasteiger partial charge is 0.345 e. The van der Waals surface area contributed by atoms with Gasteiger partial charge in [0.2, 0.25) is 5.91 Å². The van der Waals surface area contributed by atoms with Gasteiger partial charge in [-0.25, -0.2) is 4.39 Å². The van der Waals surface area contributed by atoms with Crippen molar-refractivity contribution < 1.29 is 9.18 Å². The molecule has 0 aromatic carbocycles. The zero-order valence-electron chi connectivity index (χ0n) is 13.9. The first-order chi connectivity index (χ1) is 10.3. The van der Waals surface area contributed by atoms with Crippen LogP contribution >= 0.6 is 15.9 Å². The van der Waals surface area contributed by atoms with Gasteiger partial charge in [0.25, 0.3) is 0 Å². The molecule has 0 aliphatic carbocycles. The topological polar surface area (TPSA) is 32.3 Å². The van der Waals surface area contributed by atoms with Crippen LogP contribution in [0.1, 0.15) is 26.2 Å². The van der Waals surface area contributed by atoms with Crippen molar-refractivity contribution >= 4 is 21.8 Å². The Morgan fingerprint density at radius 1 is 1.36 bits per heavy atom. The normalized spacial score (nSPS) is 10.3. The average molecular weight is 375 g/mol. The van der Waals surface area contributed by atoms with E-state index in [1.165, 1.54) is 6.08 Å². The molecular formula is C17H28BrFN2O. The molecule has 0 aliphatic rings. The number of allylic oxidation sites excluding steroid dienone is 5. The quantitative estimate of drug-likeness (QED) is 0.369. The van der Waals surface area contributed by atoms with Crippen molar-refractivity contribution in [3.05, 3.63) is 47.8 Å². The highest BCUT2D eigenvalue weighted by Crippen LogP contribution is 2.15. The smallest absolute Gasteiger partial charge is 0.236 e. The number of halogens is 2. The Morgan fingerprint density at radius 2 is 1.95 bits per heavy atom. The highest BCUT2D eigenvalue weighted by molar-refractivity contribution is 9.11. The van der Waals surface area contributed by atoms with Crippen LogP contribution in [0.25, 0.3) is 0 Å². The molecule has 5 heteroatoms. The van der Waals surface area contributed by atoms with E-state index in [1.54, 1.807) is 18.9 Å². The van der Waals surface area contributed by atoms with Gasteiger partial charge >= 0.3 is 0 Å². The van der Waals surface area contributed by atoms with Crippen LogP contribution in [0.15, 0.2) is 47.8 Å². The predicted octanol–water partition coefficient (Wildman–Crippen LogP) is 4.35. The Morgan fingerprint density at radius 3 is 2.32 bits per heavy atom. The molecule has 0 aliphatic heterocycles. The molecule has 0 fully saturated rings. The minimum absolute atomic E-state index is 0.154. The Balaban J connectivity index is 0. The van der Waals surface area contributed by atoms with Gasteiger partial charge in [-0.2, -0.15) is 0 Å². The summed E-state index contributed by atoms with van der Waals surface area (Å²) in [5.41, 5.74) is 0.752. The van der Waals surface area contributed by atoms with E-state index in [4.69, 9.17) is 0 Å². The summed E-state index contributed by atoms with van der Waals surface area (Å²) >= 11 is 3.10. The maximum atomic E-state index is 12.0. The van der Waals surface area contributed by atoms with Gasteiger partial charge in [0.15, 0.2) is 0 Å². The van der Waals surface area contributed by atoms with Crippen LogP contribution in [0.3, 0.4) is 0 Å². The van der Waals surface area contributed by atoms with Crippen LogP contribution in [0.5, 0.6) is 0 Å². The fourth-order valence-corrected chi connectivity index (χ4v) is 1.48. The fourth-order valence-electron chi connectivity index (χ4n) is 1.36. The Labute approximate surface area is 142 Å². The summed E-state index contributed by atoms with van der Waals surface area (Å²) in [4.78, 5) is 13.0. The molecule has 0 rings (SSSR count). The van der Waals surface area contributed by atoms with Crippen molar-refractivity contribution in [3.63, 3.8) is 0 Å². The van der Waals surface area contributed by atoms with Crippen LogP contribution in [0, 0.1) is 0 Å². The number of carbonyl (C=O) groups is 1. The minimum Gasteiger partial charge on any atom is -0.345 e. The first kappa shape index (κ1) is 23.1. The van der Waals surface area contributed by atoms with Gasteiger partial charge in [-0.15, -0.1) is 6.58 Å². The lowest BCUT2D eigenvalue weighted by atomic mass is 10.2. The van der Waals surface area contributed by atoms with E-state index in [0.29, 0.717) is 11.0 Å². The first-order valence-electron chi connectivity index (χ1n) is 7.13. The summed E-state index contributed by atoms with van der Waals surface area (Å²) in [7, 11) is 3.62. The minimum atomic E-state index is -0.451. The number of rotatable bonds is 9. The van der Waals surface area contributed by atoms with Crippen LogP contribution in [-0.4, -0.2) is 38.0 Å². The molecule has 0 atom stereocenters. The maximum Gasteiger partial charge on any atom is 0.236 e. The summed E-state index contributed by atoms with van der Waals surface area (Å²) in [6.07, 6.45) is 6.43. The molecule has 0 bridgehead atoms. The molecule has 0 radical (unpaired) electrons. The number of nitrogens with one attached hydrogen (secondary N) is 1. The fraction of sp³-hybridized carbons (Fsp3) is 0.471. The molecular weight excluding hydrogens is 347 g/mol. The average Bonchev–Trinajstić information content (AvgIpc) is 2.43. The molecule has 0 aromatic heterocycles. The standard InChI is InChI=1S/C10H20N2O.C7H8BrF/c1-4-5-6-7-8-12(3)10(13)9-11-2;1-5(7(3)8)4-6(2)9/h4,11H,1,5-9H2,2-3H3;4H,2-3H2,1H3/b;5-4-. The van der Waals surface area contributed by atoms with E-state index in [1.807, 2.05) is 13.1 Å². The lowest BCUT2D eigenvalue weighted by molar-refractivity contribution is -0.128. The van der Waals surface area contributed by atoms with E-state index in [-0.39, 0.29) is 5.91 Å². The van der Waals surface area contributed by atoms with Crippen molar-refractivity contribution in [1.82, 2.24) is 10.2 Å². The number of likely N-dealkylation sites (N-methyl/N-ethyl adjacent to an activating group) is 2. The summed E-state index contributed by atoms with van der Waals surface area (Å²) in [6.45, 7) is 13.3. The number of carbonyl (C=O) groups excluding carboxylic acids is 1. The van der Waals surface area contributed by atoms with Crippen LogP contribution in [0.2, 0.25) is 0 Å². The van der Waals surface area contributed by atoms with Crippen molar-refractivity contribution in [2.24, 2.45) is 0 Å². The number of nitrogens with zero attached hydrogens (tertiary/aromatic N) is 1. The zero-order chi connectivity index (χ0) is 17.5. The van der Waals surface area contributed by atoms with Crippen molar-refractivity contribution in [2.45, 2.75) is 26.2 Å². The van der Waals surface area contributed by atoms with E-state index >= 15 is 0 Å². The molecule has 1 amide bonds. The summed E-state index contributed by atoms with van der Waals surface area (Å²) in [5.74, 6) is -0.297. The lowest BCUT2D eigenvalue weighted by Gasteiger charge is -2.16.